The van der Waals surface area contributed by atoms with Crippen molar-refractivity contribution in [3.63, 3.8) is 0 Å². The highest BCUT2D eigenvalue weighted by molar-refractivity contribution is 7.80. The first kappa shape index (κ1) is 17.0. The number of amides is 1. The highest BCUT2D eigenvalue weighted by Gasteiger charge is 2.22. The minimum absolute atomic E-state index is 0.147. The second-order valence-electron chi connectivity index (χ2n) is 6.60. The van der Waals surface area contributed by atoms with Crippen molar-refractivity contribution in [2.45, 2.75) is 20.8 Å². The van der Waals surface area contributed by atoms with Crippen molar-refractivity contribution in [2.75, 3.05) is 5.32 Å². The predicted molar refractivity (Wildman–Crippen MR) is 101 cm³/mol. The van der Waals surface area contributed by atoms with E-state index in [9.17, 15) is 4.79 Å². The Balaban J connectivity index is 1.77. The van der Waals surface area contributed by atoms with Crippen LogP contribution in [0.25, 0.3) is 22.6 Å². The second kappa shape index (κ2) is 6.60. The van der Waals surface area contributed by atoms with Crippen molar-refractivity contribution in [2.24, 2.45) is 5.41 Å². The molecule has 0 aliphatic carbocycles. The number of nitrogens with zero attached hydrogens (tertiary/aromatic N) is 2. The summed E-state index contributed by atoms with van der Waals surface area (Å²) in [5.74, 6) is 0.357. The number of hydrogen-bond donors (Lipinski definition) is 2. The third-order valence-electron chi connectivity index (χ3n) is 3.46. The molecule has 3 aromatic rings. The first-order chi connectivity index (χ1) is 11.8. The Bertz CT molecular complexity index is 929. The van der Waals surface area contributed by atoms with Crippen molar-refractivity contribution in [1.82, 2.24) is 15.3 Å². The second-order valence-corrected chi connectivity index (χ2v) is 7.01. The molecule has 1 amide bonds. The molecular formula is C18H18N4O2S. The molecule has 0 radical (unpaired) electrons. The third-order valence-corrected chi connectivity index (χ3v) is 3.67. The Labute approximate surface area is 150 Å². The lowest BCUT2D eigenvalue weighted by Gasteiger charge is -2.18. The van der Waals surface area contributed by atoms with Gasteiger partial charge in [-0.25, -0.2) is 4.98 Å². The molecule has 7 heteroatoms. The number of carbonyl (C=O) groups excluding carboxylic acids is 1. The number of oxazole rings is 1. The van der Waals surface area contributed by atoms with Crippen molar-refractivity contribution < 1.29 is 9.21 Å². The van der Waals surface area contributed by atoms with Gasteiger partial charge in [0.05, 0.1) is 5.56 Å². The van der Waals surface area contributed by atoms with Gasteiger partial charge in [0.2, 0.25) is 11.8 Å². The van der Waals surface area contributed by atoms with Crippen LogP contribution < -0.4 is 10.6 Å². The Morgan fingerprint density at radius 3 is 2.72 bits per heavy atom. The molecule has 0 spiro atoms. The first-order valence-corrected chi connectivity index (χ1v) is 8.17. The number of pyridine rings is 1. The molecule has 0 aliphatic rings. The van der Waals surface area contributed by atoms with Crippen molar-refractivity contribution >= 4 is 40.0 Å². The molecule has 128 valence electrons. The van der Waals surface area contributed by atoms with Gasteiger partial charge in [0.15, 0.2) is 10.7 Å². The van der Waals surface area contributed by atoms with Gasteiger partial charge in [-0.05, 0) is 42.5 Å². The van der Waals surface area contributed by atoms with E-state index in [1.165, 1.54) is 0 Å². The standard InChI is InChI=1S/C18H18N4O2S/c1-18(2,3)16(23)22-17(25)20-12-6-7-14-13(9-12)21-15(24-14)11-5-4-8-19-10-11/h4-10H,1-3H3,(H2,20,22,23,25). The van der Waals surface area contributed by atoms with Crippen LogP contribution in [-0.2, 0) is 4.79 Å². The van der Waals surface area contributed by atoms with Crippen LogP contribution in [0.1, 0.15) is 20.8 Å². The molecule has 0 saturated heterocycles. The summed E-state index contributed by atoms with van der Waals surface area (Å²) >= 11 is 5.19. The fourth-order valence-corrected chi connectivity index (χ4v) is 2.28. The fourth-order valence-electron chi connectivity index (χ4n) is 2.07. The average Bonchev–Trinajstić information content (AvgIpc) is 2.98. The van der Waals surface area contributed by atoms with Crippen LogP contribution >= 0.6 is 12.2 Å². The lowest BCUT2D eigenvalue weighted by Crippen LogP contribution is -2.41. The Morgan fingerprint density at radius 1 is 1.24 bits per heavy atom. The van der Waals surface area contributed by atoms with Crippen LogP contribution in [0.4, 0.5) is 5.69 Å². The van der Waals surface area contributed by atoms with E-state index < -0.39 is 5.41 Å². The van der Waals surface area contributed by atoms with E-state index in [4.69, 9.17) is 16.6 Å². The van der Waals surface area contributed by atoms with Gasteiger partial charge < -0.3 is 15.1 Å². The quantitative estimate of drug-likeness (QED) is 0.682. The number of nitrogens with one attached hydrogen (secondary N) is 2. The highest BCUT2D eigenvalue weighted by Crippen LogP contribution is 2.25. The Hall–Kier alpha value is -2.80. The number of anilines is 1. The summed E-state index contributed by atoms with van der Waals surface area (Å²) in [5, 5.41) is 5.91. The summed E-state index contributed by atoms with van der Waals surface area (Å²) in [4.78, 5) is 20.5. The molecule has 2 heterocycles. The van der Waals surface area contributed by atoms with E-state index in [2.05, 4.69) is 20.6 Å². The Kier molecular flexibility index (Phi) is 4.50. The highest BCUT2D eigenvalue weighted by atomic mass is 32.1. The largest absolute Gasteiger partial charge is 0.436 e. The molecule has 0 aliphatic heterocycles. The van der Waals surface area contributed by atoms with E-state index in [0.717, 1.165) is 11.3 Å². The summed E-state index contributed by atoms with van der Waals surface area (Å²) < 4.78 is 5.74. The van der Waals surface area contributed by atoms with Crippen LogP contribution in [0.3, 0.4) is 0 Å². The molecule has 0 atom stereocenters. The summed E-state index contributed by atoms with van der Waals surface area (Å²) in [7, 11) is 0. The number of thiocarbonyl (C=S) groups is 1. The monoisotopic (exact) mass is 354 g/mol. The normalized spacial score (nSPS) is 11.3. The minimum atomic E-state index is -0.513. The van der Waals surface area contributed by atoms with Gasteiger partial charge in [-0.15, -0.1) is 0 Å². The molecule has 2 aromatic heterocycles. The van der Waals surface area contributed by atoms with Crippen LogP contribution in [0.5, 0.6) is 0 Å². The molecule has 6 nitrogen and oxygen atoms in total. The maximum atomic E-state index is 12.0. The predicted octanol–water partition coefficient (Wildman–Crippen LogP) is 3.75. The lowest BCUT2D eigenvalue weighted by molar-refractivity contribution is -0.126. The summed E-state index contributed by atoms with van der Waals surface area (Å²) in [6, 6.07) is 9.14. The van der Waals surface area contributed by atoms with Crippen LogP contribution in [0.15, 0.2) is 47.1 Å². The maximum Gasteiger partial charge on any atom is 0.231 e. The van der Waals surface area contributed by atoms with E-state index in [0.29, 0.717) is 17.0 Å². The van der Waals surface area contributed by atoms with Crippen LogP contribution in [-0.4, -0.2) is 21.0 Å². The summed E-state index contributed by atoms with van der Waals surface area (Å²) in [6.45, 7) is 5.48. The number of fused-ring (bicyclic) bond motifs is 1. The molecule has 0 unspecified atom stereocenters. The number of hydrogen-bond acceptors (Lipinski definition) is 5. The molecule has 0 fully saturated rings. The van der Waals surface area contributed by atoms with Crippen LogP contribution in [0, 0.1) is 5.41 Å². The number of benzene rings is 1. The van der Waals surface area contributed by atoms with E-state index in [-0.39, 0.29) is 11.0 Å². The van der Waals surface area contributed by atoms with Gasteiger partial charge in [0, 0.05) is 23.5 Å². The topological polar surface area (TPSA) is 80.0 Å². The zero-order valence-electron chi connectivity index (χ0n) is 14.2. The summed E-state index contributed by atoms with van der Waals surface area (Å²) in [6.07, 6.45) is 3.39. The first-order valence-electron chi connectivity index (χ1n) is 7.76. The fraction of sp³-hybridized carbons (Fsp3) is 0.222. The molecule has 25 heavy (non-hydrogen) atoms. The zero-order valence-corrected chi connectivity index (χ0v) is 15.0. The van der Waals surface area contributed by atoms with E-state index >= 15 is 0 Å². The van der Waals surface area contributed by atoms with Gasteiger partial charge in [-0.2, -0.15) is 0 Å². The number of aromatic nitrogens is 2. The van der Waals surface area contributed by atoms with Gasteiger partial charge in [-0.3, -0.25) is 9.78 Å². The van der Waals surface area contributed by atoms with Crippen molar-refractivity contribution in [1.29, 1.82) is 0 Å². The lowest BCUT2D eigenvalue weighted by atomic mass is 9.96. The molecule has 3 rings (SSSR count). The molecular weight excluding hydrogens is 336 g/mol. The van der Waals surface area contributed by atoms with Crippen LogP contribution in [0.2, 0.25) is 0 Å². The van der Waals surface area contributed by atoms with Gasteiger partial charge >= 0.3 is 0 Å². The molecule has 1 aromatic carbocycles. The SMILES string of the molecule is CC(C)(C)C(=O)NC(=S)Nc1ccc2oc(-c3cccnc3)nc2c1. The van der Waals surface area contributed by atoms with E-state index in [1.54, 1.807) is 18.5 Å². The molecule has 0 bridgehead atoms. The minimum Gasteiger partial charge on any atom is -0.436 e. The van der Waals surface area contributed by atoms with Crippen molar-refractivity contribution in [3.8, 4) is 11.5 Å². The average molecular weight is 354 g/mol. The van der Waals surface area contributed by atoms with Gasteiger partial charge in [0.25, 0.3) is 0 Å². The number of rotatable bonds is 2. The Morgan fingerprint density at radius 2 is 2.04 bits per heavy atom. The smallest absolute Gasteiger partial charge is 0.231 e. The van der Waals surface area contributed by atoms with E-state index in [1.807, 2.05) is 45.0 Å². The third kappa shape index (κ3) is 4.00. The summed E-state index contributed by atoms with van der Waals surface area (Å²) in [5.41, 5.74) is 2.36. The molecule has 2 N–H and O–H groups in total. The zero-order chi connectivity index (χ0) is 18.0. The number of carbonyl (C=O) groups is 1. The van der Waals surface area contributed by atoms with Gasteiger partial charge in [-0.1, -0.05) is 20.8 Å². The van der Waals surface area contributed by atoms with Gasteiger partial charge in [0.1, 0.15) is 5.52 Å². The molecule has 0 saturated carbocycles. The maximum absolute atomic E-state index is 12.0. The van der Waals surface area contributed by atoms with Crippen molar-refractivity contribution in [3.05, 3.63) is 42.7 Å².